The average Bonchev–Trinajstić information content (AvgIpc) is 3.21. The van der Waals surface area contributed by atoms with Crippen LogP contribution in [0.1, 0.15) is 22.5 Å². The van der Waals surface area contributed by atoms with Crippen LogP contribution >= 0.6 is 11.8 Å². The number of fused-ring (bicyclic) bond motifs is 1. The number of hydrogen-bond acceptors (Lipinski definition) is 6. The van der Waals surface area contributed by atoms with Gasteiger partial charge in [-0.2, -0.15) is 18.3 Å². The van der Waals surface area contributed by atoms with Gasteiger partial charge in [-0.1, -0.05) is 48.2 Å². The molecule has 0 aliphatic rings. The summed E-state index contributed by atoms with van der Waals surface area (Å²) in [5, 5.41) is 13.8. The first kappa shape index (κ1) is 23.4. The molecule has 11 heteroatoms. The SMILES string of the molecule is Cc1cc(C)n2c(SCC(=O)N(N=Cc3ccccc3)c3cccc(C(F)(F)F)c3)nnc2n1. The minimum absolute atomic E-state index is 0.00665. The highest BCUT2D eigenvalue weighted by Gasteiger charge is 2.31. The van der Waals surface area contributed by atoms with Gasteiger partial charge in [-0.3, -0.25) is 9.20 Å². The van der Waals surface area contributed by atoms with Gasteiger partial charge in [0.15, 0.2) is 5.16 Å². The number of alkyl halides is 3. The van der Waals surface area contributed by atoms with E-state index in [0.29, 0.717) is 16.5 Å². The molecule has 0 aliphatic carbocycles. The van der Waals surface area contributed by atoms with Crippen LogP contribution in [0.15, 0.2) is 70.9 Å². The molecule has 4 aromatic rings. The summed E-state index contributed by atoms with van der Waals surface area (Å²) in [6.07, 6.45) is -3.13. The van der Waals surface area contributed by atoms with Crippen molar-refractivity contribution in [3.05, 3.63) is 83.2 Å². The van der Waals surface area contributed by atoms with Crippen molar-refractivity contribution in [2.45, 2.75) is 25.2 Å². The number of hydrogen-bond donors (Lipinski definition) is 0. The Morgan fingerprint density at radius 2 is 1.85 bits per heavy atom. The highest BCUT2D eigenvalue weighted by molar-refractivity contribution is 7.99. The third kappa shape index (κ3) is 5.25. The maximum Gasteiger partial charge on any atom is 0.416 e. The fourth-order valence-corrected chi connectivity index (χ4v) is 4.06. The molecular weight excluding hydrogens is 465 g/mol. The first-order valence-electron chi connectivity index (χ1n) is 10.1. The molecule has 0 spiro atoms. The highest BCUT2D eigenvalue weighted by atomic mass is 32.2. The van der Waals surface area contributed by atoms with Gasteiger partial charge >= 0.3 is 6.18 Å². The molecule has 0 aliphatic heterocycles. The van der Waals surface area contributed by atoms with Crippen LogP contribution in [0.25, 0.3) is 5.78 Å². The summed E-state index contributed by atoms with van der Waals surface area (Å²) in [4.78, 5) is 17.4. The molecule has 2 aromatic heterocycles. The van der Waals surface area contributed by atoms with Crippen LogP contribution in [-0.4, -0.2) is 37.5 Å². The number of anilines is 1. The van der Waals surface area contributed by atoms with E-state index in [-0.39, 0.29) is 11.4 Å². The number of carbonyl (C=O) groups is 1. The zero-order chi connectivity index (χ0) is 24.3. The molecule has 0 N–H and O–H groups in total. The van der Waals surface area contributed by atoms with Crippen molar-refractivity contribution < 1.29 is 18.0 Å². The second-order valence-electron chi connectivity index (χ2n) is 7.35. The molecule has 0 unspecified atom stereocenters. The van der Waals surface area contributed by atoms with Crippen molar-refractivity contribution >= 4 is 35.3 Å². The Hall–Kier alpha value is -3.73. The Labute approximate surface area is 197 Å². The Bertz CT molecular complexity index is 1350. The Morgan fingerprint density at radius 3 is 2.59 bits per heavy atom. The normalized spacial score (nSPS) is 11.9. The van der Waals surface area contributed by atoms with E-state index in [4.69, 9.17) is 0 Å². The van der Waals surface area contributed by atoms with E-state index in [1.807, 2.05) is 26.0 Å². The minimum Gasteiger partial charge on any atom is -0.272 e. The largest absolute Gasteiger partial charge is 0.416 e. The van der Waals surface area contributed by atoms with E-state index >= 15 is 0 Å². The van der Waals surface area contributed by atoms with E-state index in [9.17, 15) is 18.0 Å². The Balaban J connectivity index is 1.62. The number of rotatable bonds is 6. The predicted octanol–water partition coefficient (Wildman–Crippen LogP) is 4.92. The maximum absolute atomic E-state index is 13.3. The van der Waals surface area contributed by atoms with Crippen LogP contribution < -0.4 is 5.01 Å². The van der Waals surface area contributed by atoms with Gasteiger partial charge in [0.1, 0.15) is 0 Å². The molecular formula is C23H19F3N6OS. The lowest BCUT2D eigenvalue weighted by Gasteiger charge is -2.18. The number of amides is 1. The van der Waals surface area contributed by atoms with Gasteiger partial charge in [-0.25, -0.2) is 9.99 Å². The van der Waals surface area contributed by atoms with Crippen LogP contribution in [0.4, 0.5) is 18.9 Å². The number of hydrazone groups is 1. The molecule has 0 radical (unpaired) electrons. The smallest absolute Gasteiger partial charge is 0.272 e. The third-order valence-corrected chi connectivity index (χ3v) is 5.68. The summed E-state index contributed by atoms with van der Waals surface area (Å²) < 4.78 is 41.5. The van der Waals surface area contributed by atoms with E-state index in [1.165, 1.54) is 18.3 Å². The highest BCUT2D eigenvalue weighted by Crippen LogP contribution is 2.32. The standard InChI is InChI=1S/C23H19F3N6OS/c1-15-11-16(2)31-21(28-15)29-30-22(31)34-14-20(33)32(27-13-17-7-4-3-5-8-17)19-10-6-9-18(12-19)23(24,25)26/h3-13H,14H2,1-2H3. The van der Waals surface area contributed by atoms with E-state index in [1.54, 1.807) is 28.7 Å². The molecule has 2 aromatic carbocycles. The fourth-order valence-electron chi connectivity index (χ4n) is 3.23. The quantitative estimate of drug-likeness (QED) is 0.221. The Kier molecular flexibility index (Phi) is 6.64. The van der Waals surface area contributed by atoms with Gasteiger partial charge in [-0.05, 0) is 43.7 Å². The molecule has 0 saturated heterocycles. The zero-order valence-corrected chi connectivity index (χ0v) is 19.0. The van der Waals surface area contributed by atoms with E-state index < -0.39 is 17.6 Å². The van der Waals surface area contributed by atoms with Gasteiger partial charge in [0, 0.05) is 11.4 Å². The van der Waals surface area contributed by atoms with Gasteiger partial charge in [-0.15, -0.1) is 10.2 Å². The maximum atomic E-state index is 13.3. The van der Waals surface area contributed by atoms with Crippen LogP contribution in [0.2, 0.25) is 0 Å². The Morgan fingerprint density at radius 1 is 1.09 bits per heavy atom. The van der Waals surface area contributed by atoms with Crippen molar-refractivity contribution in [3.8, 4) is 0 Å². The molecule has 7 nitrogen and oxygen atoms in total. The molecule has 174 valence electrons. The van der Waals surface area contributed by atoms with E-state index in [0.717, 1.165) is 40.3 Å². The molecule has 4 rings (SSSR count). The lowest BCUT2D eigenvalue weighted by atomic mass is 10.2. The average molecular weight is 485 g/mol. The zero-order valence-electron chi connectivity index (χ0n) is 18.2. The van der Waals surface area contributed by atoms with Crippen molar-refractivity contribution in [2.24, 2.45) is 5.10 Å². The van der Waals surface area contributed by atoms with Crippen LogP contribution in [0.5, 0.6) is 0 Å². The summed E-state index contributed by atoms with van der Waals surface area (Å²) in [6, 6.07) is 15.3. The van der Waals surface area contributed by atoms with Crippen LogP contribution in [-0.2, 0) is 11.0 Å². The lowest BCUT2D eigenvalue weighted by Crippen LogP contribution is -2.28. The first-order valence-corrected chi connectivity index (χ1v) is 11.1. The van der Waals surface area contributed by atoms with Gasteiger partial charge < -0.3 is 0 Å². The summed E-state index contributed by atoms with van der Waals surface area (Å²) >= 11 is 1.10. The molecule has 0 atom stereocenters. The minimum atomic E-state index is -4.55. The van der Waals surface area contributed by atoms with Gasteiger partial charge in [0.2, 0.25) is 0 Å². The predicted molar refractivity (Wildman–Crippen MR) is 124 cm³/mol. The number of benzene rings is 2. The van der Waals surface area contributed by atoms with Crippen molar-refractivity contribution in [2.75, 3.05) is 10.8 Å². The molecule has 1 amide bonds. The van der Waals surface area contributed by atoms with Crippen LogP contribution in [0.3, 0.4) is 0 Å². The second-order valence-corrected chi connectivity index (χ2v) is 8.30. The van der Waals surface area contributed by atoms with Crippen LogP contribution in [0, 0.1) is 13.8 Å². The number of halogens is 3. The molecule has 0 bridgehead atoms. The lowest BCUT2D eigenvalue weighted by molar-refractivity contribution is -0.137. The van der Waals surface area contributed by atoms with Gasteiger partial charge in [0.05, 0.1) is 23.2 Å². The molecule has 2 heterocycles. The summed E-state index contributed by atoms with van der Waals surface area (Å²) in [5.41, 5.74) is 1.47. The summed E-state index contributed by atoms with van der Waals surface area (Å²) in [6.45, 7) is 3.71. The number of thioether (sulfide) groups is 1. The monoisotopic (exact) mass is 484 g/mol. The topological polar surface area (TPSA) is 75.8 Å². The van der Waals surface area contributed by atoms with Crippen molar-refractivity contribution in [3.63, 3.8) is 0 Å². The third-order valence-electron chi connectivity index (χ3n) is 4.76. The number of aryl methyl sites for hydroxylation is 2. The first-order chi connectivity index (χ1) is 16.2. The van der Waals surface area contributed by atoms with Crippen molar-refractivity contribution in [1.82, 2.24) is 19.6 Å². The summed E-state index contributed by atoms with van der Waals surface area (Å²) in [5.74, 6) is -0.244. The second kappa shape index (κ2) is 9.64. The summed E-state index contributed by atoms with van der Waals surface area (Å²) in [7, 11) is 0. The number of aromatic nitrogens is 4. The number of nitrogens with zero attached hydrogens (tertiary/aromatic N) is 6. The molecule has 0 saturated carbocycles. The number of carbonyl (C=O) groups excluding carboxylic acids is 1. The van der Waals surface area contributed by atoms with Gasteiger partial charge in [0.25, 0.3) is 11.7 Å². The molecule has 0 fully saturated rings. The fraction of sp³-hybridized carbons (Fsp3) is 0.174. The van der Waals surface area contributed by atoms with Crippen molar-refractivity contribution in [1.29, 1.82) is 0 Å². The molecule has 34 heavy (non-hydrogen) atoms. The van der Waals surface area contributed by atoms with E-state index in [2.05, 4.69) is 20.3 Å².